The van der Waals surface area contributed by atoms with Crippen LogP contribution in [0.1, 0.15) is 0 Å². The zero-order valence-electron chi connectivity index (χ0n) is 10.5. The van der Waals surface area contributed by atoms with Gasteiger partial charge in [0.1, 0.15) is 0 Å². The van der Waals surface area contributed by atoms with Crippen molar-refractivity contribution in [3.8, 4) is 0 Å². The van der Waals surface area contributed by atoms with Crippen LogP contribution in [0.25, 0.3) is 17.4 Å². The first-order chi connectivity index (χ1) is 9.79. The van der Waals surface area contributed by atoms with E-state index < -0.39 is 0 Å². The summed E-state index contributed by atoms with van der Waals surface area (Å²) in [6.07, 6.45) is 10.4. The third-order valence-electron chi connectivity index (χ3n) is 3.11. The molecule has 0 radical (unpaired) electrons. The molecule has 0 spiro atoms. The molecule has 1 aromatic carbocycles. The van der Waals surface area contributed by atoms with E-state index in [1.165, 1.54) is 6.20 Å². The molecule has 20 heavy (non-hydrogen) atoms. The molecule has 0 atom stereocenters. The molecule has 0 aromatic heterocycles. The first-order valence-corrected chi connectivity index (χ1v) is 6.06. The maximum atomic E-state index is 12.2. The van der Waals surface area contributed by atoms with Crippen LogP contribution in [-0.2, 0) is 0 Å². The average molecular weight is 262 g/mol. The predicted octanol–water partition coefficient (Wildman–Crippen LogP) is 1.61. The van der Waals surface area contributed by atoms with Crippen LogP contribution >= 0.6 is 0 Å². The van der Waals surface area contributed by atoms with Gasteiger partial charge in [-0.1, -0.05) is 42.5 Å². The molecule has 0 saturated heterocycles. The summed E-state index contributed by atoms with van der Waals surface area (Å²) in [5.41, 5.74) is 1.52. The van der Waals surface area contributed by atoms with E-state index in [-0.39, 0.29) is 0 Å². The summed E-state index contributed by atoms with van der Waals surface area (Å²) >= 11 is 0. The van der Waals surface area contributed by atoms with Crippen molar-refractivity contribution in [2.24, 2.45) is 5.10 Å². The fourth-order valence-corrected chi connectivity index (χ4v) is 2.19. The molecule has 1 aliphatic carbocycles. The minimum Gasteiger partial charge on any atom is -0.754 e. The van der Waals surface area contributed by atoms with Crippen molar-refractivity contribution in [2.45, 2.75) is 0 Å². The van der Waals surface area contributed by atoms with Gasteiger partial charge in [-0.15, -0.1) is 0 Å². The van der Waals surface area contributed by atoms with E-state index >= 15 is 0 Å². The van der Waals surface area contributed by atoms with Crippen molar-refractivity contribution < 1.29 is 0 Å². The minimum atomic E-state index is 0.440. The molecular formula is C15H10N4O. The Morgan fingerprint density at radius 1 is 1.10 bits per heavy atom. The molecular weight excluding hydrogens is 252 g/mol. The number of hydrogen-bond acceptors (Lipinski definition) is 4. The highest BCUT2D eigenvalue weighted by atomic mass is 16.5. The SMILES string of the molecule is N#[N+]N=C1C=CC=CC1=C1C=c2ccccc2=CN1[O-]. The molecule has 0 bridgehead atoms. The van der Waals surface area contributed by atoms with E-state index in [4.69, 9.17) is 5.39 Å². The Hall–Kier alpha value is -2.97. The summed E-state index contributed by atoms with van der Waals surface area (Å²) in [5.74, 6) is 0. The number of benzene rings is 1. The largest absolute Gasteiger partial charge is 0.754 e. The van der Waals surface area contributed by atoms with Gasteiger partial charge in [0.05, 0.1) is 0 Å². The number of hydroxylamine groups is 2. The Kier molecular flexibility index (Phi) is 2.99. The lowest BCUT2D eigenvalue weighted by atomic mass is 10.0. The van der Waals surface area contributed by atoms with E-state index in [0.29, 0.717) is 17.0 Å². The molecule has 0 fully saturated rings. The second-order valence-electron chi connectivity index (χ2n) is 4.32. The fraction of sp³-hybridized carbons (Fsp3) is 0. The van der Waals surface area contributed by atoms with Crippen LogP contribution in [0, 0.1) is 10.6 Å². The molecule has 0 saturated carbocycles. The zero-order valence-corrected chi connectivity index (χ0v) is 10.5. The molecule has 0 amide bonds. The molecule has 2 aliphatic rings. The van der Waals surface area contributed by atoms with Crippen LogP contribution in [0.2, 0.25) is 0 Å². The van der Waals surface area contributed by atoms with Crippen molar-refractivity contribution in [3.05, 3.63) is 80.6 Å². The molecule has 96 valence electrons. The van der Waals surface area contributed by atoms with Gasteiger partial charge in [-0.05, 0) is 22.6 Å². The minimum absolute atomic E-state index is 0.440. The number of fused-ring (bicyclic) bond motifs is 1. The lowest BCUT2D eigenvalue weighted by Crippen LogP contribution is -2.32. The lowest BCUT2D eigenvalue weighted by molar-refractivity contribution is 0.712. The van der Waals surface area contributed by atoms with E-state index in [1.54, 1.807) is 30.4 Å². The Balaban J connectivity index is 2.25. The third kappa shape index (κ3) is 2.05. The van der Waals surface area contributed by atoms with E-state index in [9.17, 15) is 5.21 Å². The highest BCUT2D eigenvalue weighted by Gasteiger charge is 2.15. The summed E-state index contributed by atoms with van der Waals surface area (Å²) in [7, 11) is 0. The van der Waals surface area contributed by atoms with Gasteiger partial charge in [-0.25, -0.2) is 0 Å². The standard InChI is InChI=1S/C15H10N4O/c16-18-17-14-8-4-3-7-13(14)15-9-11-5-1-2-6-12(11)10-19(15)20/h1-10H. The summed E-state index contributed by atoms with van der Waals surface area (Å²) < 4.78 is 0. The number of diazo groups is 1. The molecule has 1 aliphatic heterocycles. The van der Waals surface area contributed by atoms with Gasteiger partial charge in [-0.2, -0.15) is 0 Å². The van der Waals surface area contributed by atoms with Gasteiger partial charge in [0.25, 0.3) is 5.39 Å². The molecule has 5 heteroatoms. The summed E-state index contributed by atoms with van der Waals surface area (Å²) in [4.78, 5) is 0. The Morgan fingerprint density at radius 2 is 1.85 bits per heavy atom. The van der Waals surface area contributed by atoms with Gasteiger partial charge < -0.3 is 10.3 Å². The summed E-state index contributed by atoms with van der Waals surface area (Å²) in [5, 5.41) is 29.8. The molecule has 1 heterocycles. The van der Waals surface area contributed by atoms with Crippen molar-refractivity contribution in [1.82, 2.24) is 5.06 Å². The quantitative estimate of drug-likeness (QED) is 0.527. The van der Waals surface area contributed by atoms with Crippen molar-refractivity contribution in [3.63, 3.8) is 0 Å². The zero-order chi connectivity index (χ0) is 13.9. The maximum absolute atomic E-state index is 12.2. The van der Waals surface area contributed by atoms with E-state index in [1.807, 2.05) is 24.3 Å². The summed E-state index contributed by atoms with van der Waals surface area (Å²) in [6, 6.07) is 7.62. The van der Waals surface area contributed by atoms with E-state index in [0.717, 1.165) is 15.5 Å². The van der Waals surface area contributed by atoms with Crippen LogP contribution in [-0.4, -0.2) is 10.8 Å². The van der Waals surface area contributed by atoms with Crippen molar-refractivity contribution in [2.75, 3.05) is 0 Å². The fourth-order valence-electron chi connectivity index (χ4n) is 2.19. The third-order valence-corrected chi connectivity index (χ3v) is 3.11. The molecule has 0 unspecified atom stereocenters. The topological polar surface area (TPSA) is 66.8 Å². The van der Waals surface area contributed by atoms with Gasteiger partial charge in [0.2, 0.25) is 0 Å². The van der Waals surface area contributed by atoms with Crippen molar-refractivity contribution in [1.29, 1.82) is 5.39 Å². The van der Waals surface area contributed by atoms with Gasteiger partial charge in [0, 0.05) is 17.5 Å². The molecule has 5 nitrogen and oxygen atoms in total. The second kappa shape index (κ2) is 4.96. The lowest BCUT2D eigenvalue weighted by Gasteiger charge is -2.31. The second-order valence-corrected chi connectivity index (χ2v) is 4.32. The van der Waals surface area contributed by atoms with Gasteiger partial charge in [-0.3, -0.25) is 0 Å². The van der Waals surface area contributed by atoms with Crippen molar-refractivity contribution >= 4 is 18.0 Å². The number of nitrogens with zero attached hydrogens (tertiary/aromatic N) is 4. The van der Waals surface area contributed by atoms with Gasteiger partial charge >= 0.3 is 5.08 Å². The van der Waals surface area contributed by atoms with Crippen LogP contribution in [0.5, 0.6) is 0 Å². The average Bonchev–Trinajstić information content (AvgIpc) is 2.48. The molecule has 3 rings (SSSR count). The smallest absolute Gasteiger partial charge is 0.339 e. The van der Waals surface area contributed by atoms with Gasteiger partial charge in [0.15, 0.2) is 10.8 Å². The Labute approximate surface area is 115 Å². The van der Waals surface area contributed by atoms with Crippen LogP contribution in [0.15, 0.2) is 64.9 Å². The number of rotatable bonds is 0. The molecule has 1 aromatic rings. The normalized spacial score (nSPS) is 22.0. The maximum Gasteiger partial charge on any atom is 0.339 e. The highest BCUT2D eigenvalue weighted by molar-refractivity contribution is 6.13. The monoisotopic (exact) mass is 262 g/mol. The number of allylic oxidation sites excluding steroid dienone is 6. The van der Waals surface area contributed by atoms with E-state index in [2.05, 4.69) is 10.2 Å². The Bertz CT molecular complexity index is 837. The van der Waals surface area contributed by atoms with Crippen LogP contribution in [0.3, 0.4) is 0 Å². The Morgan fingerprint density at radius 3 is 2.65 bits per heavy atom. The molecule has 0 N–H and O–H groups in total. The van der Waals surface area contributed by atoms with Crippen LogP contribution < -0.4 is 10.4 Å². The summed E-state index contributed by atoms with van der Waals surface area (Å²) in [6.45, 7) is 0. The number of hydrogen-bond donors (Lipinski definition) is 0. The first-order valence-electron chi connectivity index (χ1n) is 6.06. The highest BCUT2D eigenvalue weighted by Crippen LogP contribution is 2.19. The first kappa shape index (κ1) is 12.1. The van der Waals surface area contributed by atoms with Crippen LogP contribution in [0.4, 0.5) is 0 Å². The predicted molar refractivity (Wildman–Crippen MR) is 77.7 cm³/mol.